The summed E-state index contributed by atoms with van der Waals surface area (Å²) in [6.07, 6.45) is 1.37. The van der Waals surface area contributed by atoms with Gasteiger partial charge in [-0.3, -0.25) is 9.59 Å². The third-order valence-corrected chi connectivity index (χ3v) is 3.35. The van der Waals surface area contributed by atoms with Gasteiger partial charge in [0.05, 0.1) is 19.0 Å². The Hall–Kier alpha value is -2.37. The second kappa shape index (κ2) is 8.81. The van der Waals surface area contributed by atoms with Gasteiger partial charge in [0.2, 0.25) is 11.8 Å². The van der Waals surface area contributed by atoms with Crippen LogP contribution >= 0.6 is 0 Å². The molecule has 120 valence electrons. The zero-order valence-electron chi connectivity index (χ0n) is 12.9. The second-order valence-electron chi connectivity index (χ2n) is 4.91. The molecule has 22 heavy (non-hydrogen) atoms. The van der Waals surface area contributed by atoms with Crippen molar-refractivity contribution < 1.29 is 19.5 Å². The largest absolute Gasteiger partial charge is 0.508 e. The van der Waals surface area contributed by atoms with Crippen LogP contribution in [0, 0.1) is 0 Å². The predicted octanol–water partition coefficient (Wildman–Crippen LogP) is 0.877. The number of carbonyl (C=O) groups excluding carboxylic acids is 3. The monoisotopic (exact) mass is 306 g/mol. The number of benzene rings is 1. The quantitative estimate of drug-likeness (QED) is 0.698. The fourth-order valence-electron chi connectivity index (χ4n) is 2.18. The van der Waals surface area contributed by atoms with Crippen LogP contribution in [0.4, 0.5) is 0 Å². The van der Waals surface area contributed by atoms with Gasteiger partial charge in [0.1, 0.15) is 12.0 Å². The minimum Gasteiger partial charge on any atom is -0.508 e. The van der Waals surface area contributed by atoms with Gasteiger partial charge in [0, 0.05) is 6.54 Å². The van der Waals surface area contributed by atoms with Crippen molar-refractivity contribution in [3.05, 3.63) is 29.8 Å². The van der Waals surface area contributed by atoms with Crippen LogP contribution in [0.5, 0.6) is 5.75 Å². The zero-order valence-corrected chi connectivity index (χ0v) is 12.9. The van der Waals surface area contributed by atoms with E-state index in [0.717, 1.165) is 6.29 Å². The number of phenols is 1. The standard InChI is InChI=1S/C16H22N2O4/c1-3-13(11-19)18(4-2)16(22)10-17-15(21)9-12-6-5-7-14(20)8-12/h5-8,11,13,20H,3-4,9-10H2,1-2H3,(H,17,21). The Morgan fingerprint density at radius 3 is 2.64 bits per heavy atom. The molecule has 0 radical (unpaired) electrons. The van der Waals surface area contributed by atoms with E-state index in [1.54, 1.807) is 19.1 Å². The number of phenolic OH excluding ortho intramolecular Hbond substituents is 1. The Balaban J connectivity index is 2.52. The highest BCUT2D eigenvalue weighted by Crippen LogP contribution is 2.11. The molecule has 0 aliphatic carbocycles. The molecule has 0 bridgehead atoms. The number of aldehydes is 1. The number of hydrogen-bond donors (Lipinski definition) is 2. The molecule has 0 saturated heterocycles. The lowest BCUT2D eigenvalue weighted by atomic mass is 10.1. The van der Waals surface area contributed by atoms with Crippen molar-refractivity contribution in [3.63, 3.8) is 0 Å². The number of nitrogens with one attached hydrogen (secondary N) is 1. The lowest BCUT2D eigenvalue weighted by molar-refractivity contribution is -0.136. The molecule has 1 aromatic rings. The third kappa shape index (κ3) is 5.20. The molecule has 0 heterocycles. The molecule has 1 rings (SSSR count). The fourth-order valence-corrected chi connectivity index (χ4v) is 2.18. The molecule has 0 aliphatic rings. The van der Waals surface area contributed by atoms with Crippen molar-refractivity contribution in [2.45, 2.75) is 32.7 Å². The van der Waals surface area contributed by atoms with Gasteiger partial charge < -0.3 is 20.1 Å². The smallest absolute Gasteiger partial charge is 0.242 e. The van der Waals surface area contributed by atoms with Crippen molar-refractivity contribution >= 4 is 18.1 Å². The average molecular weight is 306 g/mol. The molecule has 2 N–H and O–H groups in total. The highest BCUT2D eigenvalue weighted by molar-refractivity contribution is 5.87. The van der Waals surface area contributed by atoms with Gasteiger partial charge in [-0.05, 0) is 31.0 Å². The topological polar surface area (TPSA) is 86.7 Å². The first-order valence-corrected chi connectivity index (χ1v) is 7.31. The third-order valence-electron chi connectivity index (χ3n) is 3.35. The molecule has 0 fully saturated rings. The van der Waals surface area contributed by atoms with E-state index in [1.807, 2.05) is 6.92 Å². The molecule has 2 amide bonds. The van der Waals surface area contributed by atoms with Crippen molar-refractivity contribution in [1.82, 2.24) is 10.2 Å². The molecule has 6 nitrogen and oxygen atoms in total. The van der Waals surface area contributed by atoms with Gasteiger partial charge in [-0.1, -0.05) is 19.1 Å². The maximum atomic E-state index is 12.1. The van der Waals surface area contributed by atoms with Gasteiger partial charge in [0.25, 0.3) is 0 Å². The Kier molecular flexibility index (Phi) is 7.08. The van der Waals surface area contributed by atoms with Crippen LogP contribution in [-0.4, -0.2) is 47.2 Å². The van der Waals surface area contributed by atoms with Crippen molar-refractivity contribution in [2.75, 3.05) is 13.1 Å². The van der Waals surface area contributed by atoms with E-state index >= 15 is 0 Å². The molecule has 1 aromatic carbocycles. The van der Waals surface area contributed by atoms with Crippen LogP contribution in [0.3, 0.4) is 0 Å². The van der Waals surface area contributed by atoms with Crippen LogP contribution in [0.1, 0.15) is 25.8 Å². The molecule has 0 aliphatic heterocycles. The van der Waals surface area contributed by atoms with Crippen molar-refractivity contribution in [3.8, 4) is 5.75 Å². The van der Waals surface area contributed by atoms with Crippen LogP contribution in [0.2, 0.25) is 0 Å². The van der Waals surface area contributed by atoms with Crippen LogP contribution in [0.25, 0.3) is 0 Å². The molecular weight excluding hydrogens is 284 g/mol. The molecule has 1 atom stereocenters. The normalized spacial score (nSPS) is 11.5. The van der Waals surface area contributed by atoms with Crippen LogP contribution < -0.4 is 5.32 Å². The first kappa shape index (κ1) is 17.7. The molecule has 0 spiro atoms. The first-order valence-electron chi connectivity index (χ1n) is 7.31. The summed E-state index contributed by atoms with van der Waals surface area (Å²) in [4.78, 5) is 36.3. The lowest BCUT2D eigenvalue weighted by Crippen LogP contribution is -2.46. The average Bonchev–Trinajstić information content (AvgIpc) is 2.50. The molecule has 0 saturated carbocycles. The van der Waals surface area contributed by atoms with E-state index in [9.17, 15) is 19.5 Å². The molecule has 6 heteroatoms. The van der Waals surface area contributed by atoms with E-state index in [0.29, 0.717) is 18.5 Å². The Labute approximate surface area is 130 Å². The van der Waals surface area contributed by atoms with Gasteiger partial charge in [0.15, 0.2) is 0 Å². The Morgan fingerprint density at radius 2 is 2.09 bits per heavy atom. The lowest BCUT2D eigenvalue weighted by Gasteiger charge is -2.26. The van der Waals surface area contributed by atoms with Gasteiger partial charge in [-0.25, -0.2) is 0 Å². The summed E-state index contributed by atoms with van der Waals surface area (Å²) in [5, 5.41) is 11.9. The van der Waals surface area contributed by atoms with Crippen LogP contribution in [0.15, 0.2) is 24.3 Å². The summed E-state index contributed by atoms with van der Waals surface area (Å²) in [5.74, 6) is -0.504. The summed E-state index contributed by atoms with van der Waals surface area (Å²) < 4.78 is 0. The predicted molar refractivity (Wildman–Crippen MR) is 82.4 cm³/mol. The van der Waals surface area contributed by atoms with Gasteiger partial charge in [-0.2, -0.15) is 0 Å². The summed E-state index contributed by atoms with van der Waals surface area (Å²) >= 11 is 0. The Bertz CT molecular complexity index is 531. The van der Waals surface area contributed by atoms with E-state index in [1.165, 1.54) is 17.0 Å². The number of hydrogen-bond acceptors (Lipinski definition) is 4. The first-order chi connectivity index (χ1) is 10.5. The van der Waals surface area contributed by atoms with E-state index in [-0.39, 0.29) is 30.5 Å². The van der Waals surface area contributed by atoms with Gasteiger partial charge >= 0.3 is 0 Å². The second-order valence-corrected chi connectivity index (χ2v) is 4.91. The number of nitrogens with zero attached hydrogens (tertiary/aromatic N) is 1. The summed E-state index contributed by atoms with van der Waals surface area (Å²) in [6, 6.07) is 5.94. The molecule has 0 aromatic heterocycles. The van der Waals surface area contributed by atoms with E-state index in [2.05, 4.69) is 5.32 Å². The highest BCUT2D eigenvalue weighted by Gasteiger charge is 2.20. The highest BCUT2D eigenvalue weighted by atomic mass is 16.3. The summed E-state index contributed by atoms with van der Waals surface area (Å²) in [5.41, 5.74) is 0.664. The molecular formula is C16H22N2O4. The SMILES string of the molecule is CCC(C=O)N(CC)C(=O)CNC(=O)Cc1cccc(O)c1. The number of rotatable bonds is 8. The maximum Gasteiger partial charge on any atom is 0.242 e. The fraction of sp³-hybridized carbons (Fsp3) is 0.438. The van der Waals surface area contributed by atoms with E-state index < -0.39 is 6.04 Å². The Morgan fingerprint density at radius 1 is 1.36 bits per heavy atom. The minimum atomic E-state index is -0.458. The molecule has 1 unspecified atom stereocenters. The maximum absolute atomic E-state index is 12.1. The van der Waals surface area contributed by atoms with Crippen LogP contribution in [-0.2, 0) is 20.8 Å². The number of likely N-dealkylation sites (N-methyl/N-ethyl adjacent to an activating group) is 1. The van der Waals surface area contributed by atoms with Gasteiger partial charge in [-0.15, -0.1) is 0 Å². The van der Waals surface area contributed by atoms with Crippen molar-refractivity contribution in [1.29, 1.82) is 0 Å². The minimum absolute atomic E-state index is 0.0820. The zero-order chi connectivity index (χ0) is 16.5. The number of carbonyl (C=O) groups is 3. The number of amides is 2. The van der Waals surface area contributed by atoms with Crippen molar-refractivity contribution in [2.24, 2.45) is 0 Å². The van der Waals surface area contributed by atoms with E-state index in [4.69, 9.17) is 0 Å². The summed E-state index contributed by atoms with van der Waals surface area (Å²) in [7, 11) is 0. The number of aromatic hydroxyl groups is 1. The summed E-state index contributed by atoms with van der Waals surface area (Å²) in [6.45, 7) is 3.89.